The van der Waals surface area contributed by atoms with Crippen molar-refractivity contribution in [1.29, 1.82) is 0 Å². The van der Waals surface area contributed by atoms with Crippen LogP contribution in [-0.2, 0) is 11.3 Å². The summed E-state index contributed by atoms with van der Waals surface area (Å²) in [5, 5.41) is 3.99. The van der Waals surface area contributed by atoms with Crippen LogP contribution < -0.4 is 15.8 Å². The van der Waals surface area contributed by atoms with Crippen LogP contribution in [0, 0.1) is 11.8 Å². The van der Waals surface area contributed by atoms with E-state index in [9.17, 15) is 4.79 Å². The summed E-state index contributed by atoms with van der Waals surface area (Å²) < 4.78 is 5.67. The van der Waals surface area contributed by atoms with Gasteiger partial charge in [-0.25, -0.2) is 0 Å². The Labute approximate surface area is 125 Å². The van der Waals surface area contributed by atoms with E-state index in [1.54, 1.807) is 6.92 Å². The molecule has 0 saturated carbocycles. The highest BCUT2D eigenvalue weighted by atomic mass is 35.5. The summed E-state index contributed by atoms with van der Waals surface area (Å²) in [5.41, 5.74) is 6.13. The van der Waals surface area contributed by atoms with Gasteiger partial charge in [-0.05, 0) is 24.6 Å². The largest absolute Gasteiger partial charge is 0.492 e. The van der Waals surface area contributed by atoms with Gasteiger partial charge < -0.3 is 15.8 Å². The van der Waals surface area contributed by atoms with Crippen LogP contribution in [0.3, 0.4) is 0 Å². The number of nitrogens with two attached hydrogens (primary N) is 1. The fourth-order valence-corrected chi connectivity index (χ4v) is 1.86. The maximum atomic E-state index is 11.0. The molecular weight excluding hydrogens is 276 g/mol. The minimum Gasteiger partial charge on any atom is -0.492 e. The first-order chi connectivity index (χ1) is 9.41. The van der Waals surface area contributed by atoms with Gasteiger partial charge in [0, 0.05) is 17.1 Å². The van der Waals surface area contributed by atoms with Crippen molar-refractivity contribution in [3.8, 4) is 5.75 Å². The number of carbonyl (C=O) groups is 1. The van der Waals surface area contributed by atoms with Crippen molar-refractivity contribution in [1.82, 2.24) is 5.32 Å². The van der Waals surface area contributed by atoms with E-state index >= 15 is 0 Å². The molecule has 112 valence electrons. The number of hydrogen-bond donors (Lipinski definition) is 2. The zero-order chi connectivity index (χ0) is 15.1. The van der Waals surface area contributed by atoms with Gasteiger partial charge in [0.05, 0.1) is 12.5 Å². The van der Waals surface area contributed by atoms with Crippen molar-refractivity contribution in [3.05, 3.63) is 28.8 Å². The highest BCUT2D eigenvalue weighted by molar-refractivity contribution is 6.31. The van der Waals surface area contributed by atoms with E-state index in [4.69, 9.17) is 22.1 Å². The average Bonchev–Trinajstić information content (AvgIpc) is 2.37. The molecule has 20 heavy (non-hydrogen) atoms. The van der Waals surface area contributed by atoms with Crippen molar-refractivity contribution in [2.24, 2.45) is 17.6 Å². The summed E-state index contributed by atoms with van der Waals surface area (Å²) in [4.78, 5) is 11.0. The Morgan fingerprint density at radius 3 is 2.70 bits per heavy atom. The molecule has 5 heteroatoms. The summed E-state index contributed by atoms with van der Waals surface area (Å²) in [5.74, 6) is 0.565. The van der Waals surface area contributed by atoms with Crippen molar-refractivity contribution in [2.45, 2.75) is 27.3 Å². The zero-order valence-electron chi connectivity index (χ0n) is 12.3. The summed E-state index contributed by atoms with van der Waals surface area (Å²) in [6.07, 6.45) is 0. The second-order valence-electron chi connectivity index (χ2n) is 5.36. The van der Waals surface area contributed by atoms with E-state index in [2.05, 4.69) is 19.2 Å². The van der Waals surface area contributed by atoms with Gasteiger partial charge in [-0.2, -0.15) is 0 Å². The van der Waals surface area contributed by atoms with Gasteiger partial charge in [0.25, 0.3) is 0 Å². The summed E-state index contributed by atoms with van der Waals surface area (Å²) >= 11 is 6.21. The minimum absolute atomic E-state index is 0.257. The van der Waals surface area contributed by atoms with Gasteiger partial charge >= 0.3 is 0 Å². The molecule has 1 atom stereocenters. The number of amides is 1. The Balaban J connectivity index is 2.69. The SMILES string of the molecule is CC(C)CNCc1c(Cl)cccc1OCC(C)C(N)=O. The molecule has 0 aliphatic carbocycles. The molecule has 1 rings (SSSR count). The predicted octanol–water partition coefficient (Wildman–Crippen LogP) is 2.59. The molecular formula is C15H23ClN2O2. The number of benzene rings is 1. The van der Waals surface area contributed by atoms with Gasteiger partial charge in [-0.1, -0.05) is 38.4 Å². The van der Waals surface area contributed by atoms with Crippen LogP contribution in [0.25, 0.3) is 0 Å². The third-order valence-electron chi connectivity index (χ3n) is 2.90. The van der Waals surface area contributed by atoms with Crippen molar-refractivity contribution in [2.75, 3.05) is 13.2 Å². The van der Waals surface area contributed by atoms with E-state index in [-0.39, 0.29) is 18.4 Å². The lowest BCUT2D eigenvalue weighted by Gasteiger charge is -2.16. The standard InChI is InChI=1S/C15H23ClN2O2/c1-10(2)7-18-8-12-13(16)5-4-6-14(12)20-9-11(3)15(17)19/h4-6,10-11,18H,7-9H2,1-3H3,(H2,17,19). The Morgan fingerprint density at radius 2 is 2.10 bits per heavy atom. The first-order valence-electron chi connectivity index (χ1n) is 6.82. The number of nitrogens with one attached hydrogen (secondary N) is 1. The van der Waals surface area contributed by atoms with E-state index in [1.165, 1.54) is 0 Å². The predicted molar refractivity (Wildman–Crippen MR) is 81.9 cm³/mol. The first kappa shape index (κ1) is 16.8. The van der Waals surface area contributed by atoms with Crippen LogP contribution in [0.15, 0.2) is 18.2 Å². The normalized spacial score (nSPS) is 12.4. The Morgan fingerprint density at radius 1 is 1.40 bits per heavy atom. The van der Waals surface area contributed by atoms with Gasteiger partial charge in [0.2, 0.25) is 5.91 Å². The second-order valence-corrected chi connectivity index (χ2v) is 5.76. The molecule has 0 heterocycles. The summed E-state index contributed by atoms with van der Waals surface area (Å²) in [6, 6.07) is 5.52. The van der Waals surface area contributed by atoms with Gasteiger partial charge in [-0.3, -0.25) is 4.79 Å². The molecule has 0 fully saturated rings. The lowest BCUT2D eigenvalue weighted by Crippen LogP contribution is -2.26. The van der Waals surface area contributed by atoms with Crippen LogP contribution in [-0.4, -0.2) is 19.1 Å². The third-order valence-corrected chi connectivity index (χ3v) is 3.26. The molecule has 0 aliphatic rings. The molecule has 0 aliphatic heterocycles. The van der Waals surface area contributed by atoms with Crippen LogP contribution in [0.4, 0.5) is 0 Å². The highest BCUT2D eigenvalue weighted by Crippen LogP contribution is 2.26. The molecule has 0 radical (unpaired) electrons. The fraction of sp³-hybridized carbons (Fsp3) is 0.533. The van der Waals surface area contributed by atoms with Crippen LogP contribution >= 0.6 is 11.6 Å². The quantitative estimate of drug-likeness (QED) is 0.775. The molecule has 3 N–H and O–H groups in total. The molecule has 1 aromatic rings. The highest BCUT2D eigenvalue weighted by Gasteiger charge is 2.13. The van der Waals surface area contributed by atoms with E-state index in [0.717, 1.165) is 12.1 Å². The second kappa shape index (κ2) is 8.12. The molecule has 1 aromatic carbocycles. The van der Waals surface area contributed by atoms with E-state index in [0.29, 0.717) is 23.2 Å². The van der Waals surface area contributed by atoms with Gasteiger partial charge in [-0.15, -0.1) is 0 Å². The molecule has 0 aromatic heterocycles. The fourth-order valence-electron chi connectivity index (χ4n) is 1.63. The number of carbonyl (C=O) groups excluding carboxylic acids is 1. The molecule has 1 amide bonds. The Hall–Kier alpha value is -1.26. The number of ether oxygens (including phenoxy) is 1. The molecule has 0 bridgehead atoms. The van der Waals surface area contributed by atoms with E-state index < -0.39 is 0 Å². The van der Waals surface area contributed by atoms with Crippen molar-refractivity contribution in [3.63, 3.8) is 0 Å². The number of hydrogen-bond acceptors (Lipinski definition) is 3. The summed E-state index contributed by atoms with van der Waals surface area (Å²) in [7, 11) is 0. The lowest BCUT2D eigenvalue weighted by molar-refractivity contribution is -0.122. The van der Waals surface area contributed by atoms with Crippen LogP contribution in [0.2, 0.25) is 5.02 Å². The number of primary amides is 1. The van der Waals surface area contributed by atoms with E-state index in [1.807, 2.05) is 18.2 Å². The lowest BCUT2D eigenvalue weighted by atomic mass is 10.1. The maximum Gasteiger partial charge on any atom is 0.223 e. The average molecular weight is 299 g/mol. The molecule has 0 saturated heterocycles. The van der Waals surface area contributed by atoms with Crippen LogP contribution in [0.1, 0.15) is 26.3 Å². The molecule has 1 unspecified atom stereocenters. The smallest absolute Gasteiger partial charge is 0.223 e. The monoisotopic (exact) mass is 298 g/mol. The van der Waals surface area contributed by atoms with Crippen molar-refractivity contribution >= 4 is 17.5 Å². The molecule has 0 spiro atoms. The van der Waals surface area contributed by atoms with Crippen LogP contribution in [0.5, 0.6) is 5.75 Å². The molecule has 4 nitrogen and oxygen atoms in total. The zero-order valence-corrected chi connectivity index (χ0v) is 13.0. The van der Waals surface area contributed by atoms with Gasteiger partial charge in [0.1, 0.15) is 5.75 Å². The first-order valence-corrected chi connectivity index (χ1v) is 7.19. The topological polar surface area (TPSA) is 64.3 Å². The maximum absolute atomic E-state index is 11.0. The summed E-state index contributed by atoms with van der Waals surface area (Å²) in [6.45, 7) is 7.83. The Kier molecular flexibility index (Phi) is 6.82. The van der Waals surface area contributed by atoms with Gasteiger partial charge in [0.15, 0.2) is 0 Å². The number of rotatable bonds is 8. The Bertz CT molecular complexity index is 449. The minimum atomic E-state index is -0.369. The van der Waals surface area contributed by atoms with Crippen molar-refractivity contribution < 1.29 is 9.53 Å². The number of halogens is 1. The third kappa shape index (κ3) is 5.39.